The molecule has 32 heavy (non-hydrogen) atoms. The van der Waals surface area contributed by atoms with E-state index in [1.54, 1.807) is 0 Å². The Hall–Kier alpha value is -2.62. The molecule has 0 aromatic heterocycles. The van der Waals surface area contributed by atoms with E-state index >= 15 is 0 Å². The van der Waals surface area contributed by atoms with Gasteiger partial charge in [0.2, 0.25) is 0 Å². The number of rotatable bonds is 4. The maximum atomic E-state index is 12.9. The normalized spacial score (nSPS) is 15.5. The van der Waals surface area contributed by atoms with Crippen molar-refractivity contribution in [3.63, 3.8) is 0 Å². The second-order valence-corrected chi connectivity index (χ2v) is 11.1. The quantitative estimate of drug-likeness (QED) is 0.684. The molecule has 1 N–H and O–H groups in total. The van der Waals surface area contributed by atoms with Crippen LogP contribution in [0.1, 0.15) is 86.2 Å². The second-order valence-electron chi connectivity index (χ2n) is 11.1. The van der Waals surface area contributed by atoms with Crippen molar-refractivity contribution >= 4 is 11.8 Å². The van der Waals surface area contributed by atoms with Crippen molar-refractivity contribution in [2.75, 3.05) is 19.6 Å². The van der Waals surface area contributed by atoms with Crippen molar-refractivity contribution in [3.8, 4) is 0 Å². The Morgan fingerprint density at radius 2 is 1.22 bits per heavy atom. The van der Waals surface area contributed by atoms with Crippen LogP contribution in [-0.2, 0) is 10.8 Å². The van der Waals surface area contributed by atoms with Gasteiger partial charge in [-0.1, -0.05) is 65.8 Å². The van der Waals surface area contributed by atoms with E-state index in [1.165, 1.54) is 11.1 Å². The molecule has 2 amide bonds. The summed E-state index contributed by atoms with van der Waals surface area (Å²) in [6.07, 6.45) is 1.82. The third kappa shape index (κ3) is 5.99. The molecule has 2 aromatic rings. The number of carbonyl (C=O) groups excluding carboxylic acids is 2. The molecule has 0 saturated carbocycles. The molecule has 0 unspecified atom stereocenters. The standard InChI is InChI=1S/C28H38N2O2/c1-27(2,3)23-11-7-21(8-12-23)25(31)29-19-20-15-17-30(18-16-20)26(32)22-9-13-24(14-10-22)28(4,5)6/h7-14,20H,15-19H2,1-6H3,(H,29,31). The number of likely N-dealkylation sites (tertiary alicyclic amines) is 1. The fraction of sp³-hybridized carbons (Fsp3) is 0.500. The topological polar surface area (TPSA) is 49.4 Å². The average molecular weight is 435 g/mol. The van der Waals surface area contributed by atoms with E-state index < -0.39 is 0 Å². The summed E-state index contributed by atoms with van der Waals surface area (Å²) in [5.74, 6) is 0.481. The largest absolute Gasteiger partial charge is 0.352 e. The Morgan fingerprint density at radius 3 is 1.66 bits per heavy atom. The first-order chi connectivity index (χ1) is 14.9. The average Bonchev–Trinajstić information content (AvgIpc) is 2.76. The Kier molecular flexibility index (Phi) is 7.12. The molecule has 172 valence electrons. The molecule has 0 aliphatic carbocycles. The first-order valence-corrected chi connectivity index (χ1v) is 11.7. The first-order valence-electron chi connectivity index (χ1n) is 11.7. The van der Waals surface area contributed by atoms with Gasteiger partial charge in [-0.25, -0.2) is 0 Å². The summed E-state index contributed by atoms with van der Waals surface area (Å²) in [7, 11) is 0. The fourth-order valence-electron chi connectivity index (χ4n) is 4.10. The number of nitrogens with zero attached hydrogens (tertiary/aromatic N) is 1. The molecule has 1 saturated heterocycles. The molecule has 4 heteroatoms. The van der Waals surface area contributed by atoms with Crippen LogP contribution in [-0.4, -0.2) is 36.3 Å². The lowest BCUT2D eigenvalue weighted by Gasteiger charge is -2.32. The van der Waals surface area contributed by atoms with E-state index in [0.29, 0.717) is 18.0 Å². The monoisotopic (exact) mass is 434 g/mol. The molecule has 1 fully saturated rings. The molecule has 0 atom stereocenters. The van der Waals surface area contributed by atoms with E-state index in [9.17, 15) is 9.59 Å². The van der Waals surface area contributed by atoms with Gasteiger partial charge in [0.1, 0.15) is 0 Å². The first kappa shape index (κ1) is 24.0. The lowest BCUT2D eigenvalue weighted by molar-refractivity contribution is 0.0684. The molecule has 0 spiro atoms. The summed E-state index contributed by atoms with van der Waals surface area (Å²) in [4.78, 5) is 27.3. The van der Waals surface area contributed by atoms with Crippen molar-refractivity contribution in [1.82, 2.24) is 10.2 Å². The maximum Gasteiger partial charge on any atom is 0.253 e. The van der Waals surface area contributed by atoms with E-state index in [-0.39, 0.29) is 22.6 Å². The number of carbonyl (C=O) groups is 2. The zero-order valence-electron chi connectivity index (χ0n) is 20.5. The van der Waals surface area contributed by atoms with Crippen LogP contribution < -0.4 is 5.32 Å². The van der Waals surface area contributed by atoms with Gasteiger partial charge in [-0.15, -0.1) is 0 Å². The van der Waals surface area contributed by atoms with Gasteiger partial charge in [-0.3, -0.25) is 9.59 Å². The van der Waals surface area contributed by atoms with Crippen LogP contribution in [0.15, 0.2) is 48.5 Å². The smallest absolute Gasteiger partial charge is 0.253 e. The Bertz CT molecular complexity index is 923. The molecular formula is C28H38N2O2. The van der Waals surface area contributed by atoms with Crippen molar-refractivity contribution in [3.05, 3.63) is 70.8 Å². The van der Waals surface area contributed by atoms with E-state index in [2.05, 4.69) is 59.0 Å². The highest BCUT2D eigenvalue weighted by atomic mass is 16.2. The zero-order valence-corrected chi connectivity index (χ0v) is 20.5. The molecule has 4 nitrogen and oxygen atoms in total. The molecule has 1 aliphatic rings. The van der Waals surface area contributed by atoms with Gasteiger partial charge in [0.15, 0.2) is 0 Å². The number of benzene rings is 2. The third-order valence-electron chi connectivity index (χ3n) is 6.46. The van der Waals surface area contributed by atoms with Crippen LogP contribution in [0.25, 0.3) is 0 Å². The summed E-state index contributed by atoms with van der Waals surface area (Å²) < 4.78 is 0. The molecule has 3 rings (SSSR count). The van der Waals surface area contributed by atoms with Crippen LogP contribution in [0.5, 0.6) is 0 Å². The highest BCUT2D eigenvalue weighted by molar-refractivity contribution is 5.95. The third-order valence-corrected chi connectivity index (χ3v) is 6.46. The van der Waals surface area contributed by atoms with Crippen molar-refractivity contribution in [2.24, 2.45) is 5.92 Å². The van der Waals surface area contributed by atoms with E-state index in [4.69, 9.17) is 0 Å². The van der Waals surface area contributed by atoms with Gasteiger partial charge in [-0.05, 0) is 65.0 Å². The zero-order chi connectivity index (χ0) is 23.5. The summed E-state index contributed by atoms with van der Waals surface area (Å²) in [5, 5.41) is 3.08. The number of amides is 2. The van der Waals surface area contributed by atoms with Crippen LogP contribution >= 0.6 is 0 Å². The number of nitrogens with one attached hydrogen (secondary N) is 1. The van der Waals surface area contributed by atoms with Crippen LogP contribution in [0.4, 0.5) is 0 Å². The van der Waals surface area contributed by atoms with Crippen LogP contribution in [0, 0.1) is 5.92 Å². The van der Waals surface area contributed by atoms with E-state index in [1.807, 2.05) is 41.3 Å². The highest BCUT2D eigenvalue weighted by Gasteiger charge is 2.24. The van der Waals surface area contributed by atoms with Gasteiger partial charge in [0.05, 0.1) is 0 Å². The van der Waals surface area contributed by atoms with Gasteiger partial charge >= 0.3 is 0 Å². The fourth-order valence-corrected chi connectivity index (χ4v) is 4.10. The minimum Gasteiger partial charge on any atom is -0.352 e. The molecule has 1 aliphatic heterocycles. The Morgan fingerprint density at radius 1 is 0.781 bits per heavy atom. The number of hydrogen-bond donors (Lipinski definition) is 1. The van der Waals surface area contributed by atoms with Crippen molar-refractivity contribution in [2.45, 2.75) is 65.2 Å². The highest BCUT2D eigenvalue weighted by Crippen LogP contribution is 2.24. The number of piperidine rings is 1. The Labute approximate surface area is 193 Å². The molecule has 0 radical (unpaired) electrons. The lowest BCUT2D eigenvalue weighted by atomic mass is 9.86. The van der Waals surface area contributed by atoms with Crippen molar-refractivity contribution < 1.29 is 9.59 Å². The van der Waals surface area contributed by atoms with Gasteiger partial charge in [0.25, 0.3) is 11.8 Å². The Balaban J connectivity index is 1.47. The van der Waals surface area contributed by atoms with Gasteiger partial charge < -0.3 is 10.2 Å². The van der Waals surface area contributed by atoms with Gasteiger partial charge in [0, 0.05) is 30.8 Å². The SMILES string of the molecule is CC(C)(C)c1ccc(C(=O)NCC2CCN(C(=O)c3ccc(C(C)(C)C)cc3)CC2)cc1. The minimum atomic E-state index is -0.0251. The summed E-state index contributed by atoms with van der Waals surface area (Å²) in [5.41, 5.74) is 4.07. The lowest BCUT2D eigenvalue weighted by Crippen LogP contribution is -2.41. The predicted molar refractivity (Wildman–Crippen MR) is 131 cm³/mol. The van der Waals surface area contributed by atoms with Gasteiger partial charge in [-0.2, -0.15) is 0 Å². The molecule has 0 bridgehead atoms. The summed E-state index contributed by atoms with van der Waals surface area (Å²) >= 11 is 0. The molecule has 2 aromatic carbocycles. The van der Waals surface area contributed by atoms with E-state index in [0.717, 1.165) is 31.5 Å². The maximum absolute atomic E-state index is 12.9. The molecule has 1 heterocycles. The van der Waals surface area contributed by atoms with Crippen molar-refractivity contribution in [1.29, 1.82) is 0 Å². The summed E-state index contributed by atoms with van der Waals surface area (Å²) in [6, 6.07) is 15.9. The minimum absolute atomic E-state index is 0.0251. The second kappa shape index (κ2) is 9.48. The van der Waals surface area contributed by atoms with Crippen LogP contribution in [0.2, 0.25) is 0 Å². The molecular weight excluding hydrogens is 396 g/mol. The van der Waals surface area contributed by atoms with Crippen LogP contribution in [0.3, 0.4) is 0 Å². The summed E-state index contributed by atoms with van der Waals surface area (Å²) in [6.45, 7) is 15.2. The number of hydrogen-bond acceptors (Lipinski definition) is 2. The predicted octanol–water partition coefficient (Wildman–Crippen LogP) is 5.56.